The fourth-order valence-corrected chi connectivity index (χ4v) is 3.15. The minimum Gasteiger partial charge on any atom is -0.493 e. The average Bonchev–Trinajstić information content (AvgIpc) is 3.01. The summed E-state index contributed by atoms with van der Waals surface area (Å²) < 4.78 is 0. The van der Waals surface area contributed by atoms with E-state index in [1.165, 1.54) is 0 Å². The highest BCUT2D eigenvalue weighted by atomic mass is 16.3. The molecule has 98 valence electrons. The van der Waals surface area contributed by atoms with Crippen molar-refractivity contribution in [2.45, 2.75) is 50.5 Å². The van der Waals surface area contributed by atoms with E-state index in [4.69, 9.17) is 0 Å². The fourth-order valence-electron chi connectivity index (χ4n) is 3.15. The maximum atomic E-state index is 12.1. The first kappa shape index (κ1) is 11.7. The van der Waals surface area contributed by atoms with E-state index in [1.54, 1.807) is 0 Å². The van der Waals surface area contributed by atoms with Crippen molar-refractivity contribution in [1.29, 1.82) is 0 Å². The Kier molecular flexibility index (Phi) is 3.07. The lowest BCUT2D eigenvalue weighted by Crippen LogP contribution is -2.23. The zero-order valence-corrected chi connectivity index (χ0v) is 10.4. The summed E-state index contributed by atoms with van der Waals surface area (Å²) in [6, 6.07) is 0.0845. The summed E-state index contributed by atoms with van der Waals surface area (Å²) in [7, 11) is 0. The maximum Gasteiger partial charge on any atom is 0.258 e. The minimum absolute atomic E-state index is 0.0608. The van der Waals surface area contributed by atoms with Gasteiger partial charge in [-0.3, -0.25) is 4.79 Å². The van der Waals surface area contributed by atoms with Crippen LogP contribution < -0.4 is 10.9 Å². The van der Waals surface area contributed by atoms with Crippen LogP contribution in [0.3, 0.4) is 0 Å². The lowest BCUT2D eigenvalue weighted by molar-refractivity contribution is 0.426. The second-order valence-electron chi connectivity index (χ2n) is 5.32. The Morgan fingerprint density at radius 3 is 2.56 bits per heavy atom. The van der Waals surface area contributed by atoms with Gasteiger partial charge in [0.25, 0.3) is 5.56 Å². The van der Waals surface area contributed by atoms with E-state index >= 15 is 0 Å². The van der Waals surface area contributed by atoms with Crippen LogP contribution in [0.15, 0.2) is 4.79 Å². The lowest BCUT2D eigenvalue weighted by atomic mass is 10.00. The number of rotatable bonds is 2. The summed E-state index contributed by atoms with van der Waals surface area (Å²) in [4.78, 5) is 19.2. The monoisotopic (exact) mass is 249 g/mol. The summed E-state index contributed by atoms with van der Waals surface area (Å²) in [5.74, 6) is 0.706. The van der Waals surface area contributed by atoms with Crippen LogP contribution >= 0.6 is 0 Å². The number of H-pyrrole nitrogens is 1. The molecule has 3 N–H and O–H groups in total. The van der Waals surface area contributed by atoms with Crippen LogP contribution in [0.5, 0.6) is 5.88 Å². The van der Waals surface area contributed by atoms with Crippen molar-refractivity contribution in [3.63, 3.8) is 0 Å². The van der Waals surface area contributed by atoms with Gasteiger partial charge in [0.2, 0.25) is 5.88 Å². The Labute approximate surface area is 106 Å². The van der Waals surface area contributed by atoms with E-state index in [2.05, 4.69) is 15.3 Å². The number of aromatic nitrogens is 2. The molecule has 0 spiro atoms. The Morgan fingerprint density at radius 2 is 1.94 bits per heavy atom. The largest absolute Gasteiger partial charge is 0.493 e. The van der Waals surface area contributed by atoms with Crippen molar-refractivity contribution in [1.82, 2.24) is 15.3 Å². The highest BCUT2D eigenvalue weighted by Crippen LogP contribution is 2.35. The van der Waals surface area contributed by atoms with E-state index in [0.29, 0.717) is 11.4 Å². The van der Waals surface area contributed by atoms with Gasteiger partial charge >= 0.3 is 0 Å². The van der Waals surface area contributed by atoms with Crippen molar-refractivity contribution in [3.05, 3.63) is 21.7 Å². The topological polar surface area (TPSA) is 78.0 Å². The second-order valence-corrected chi connectivity index (χ2v) is 5.32. The number of aromatic amines is 1. The molecule has 1 aliphatic heterocycles. The van der Waals surface area contributed by atoms with Gasteiger partial charge in [-0.15, -0.1) is 0 Å². The van der Waals surface area contributed by atoms with Gasteiger partial charge in [0.15, 0.2) is 0 Å². The van der Waals surface area contributed by atoms with Gasteiger partial charge in [0.1, 0.15) is 5.82 Å². The summed E-state index contributed by atoms with van der Waals surface area (Å²) in [6.45, 7) is 0.944. The lowest BCUT2D eigenvalue weighted by Gasteiger charge is -2.14. The molecule has 18 heavy (non-hydrogen) atoms. The third-order valence-corrected chi connectivity index (χ3v) is 4.11. The van der Waals surface area contributed by atoms with Gasteiger partial charge in [-0.05, 0) is 38.1 Å². The molecule has 1 atom stereocenters. The number of nitrogens with zero attached hydrogens (tertiary/aromatic N) is 1. The van der Waals surface area contributed by atoms with E-state index in [-0.39, 0.29) is 23.4 Å². The summed E-state index contributed by atoms with van der Waals surface area (Å²) in [6.07, 6.45) is 6.29. The molecule has 2 fully saturated rings. The van der Waals surface area contributed by atoms with Crippen LogP contribution in [0.1, 0.15) is 61.9 Å². The zero-order valence-electron chi connectivity index (χ0n) is 10.4. The van der Waals surface area contributed by atoms with E-state index in [1.807, 2.05) is 0 Å². The van der Waals surface area contributed by atoms with E-state index in [0.717, 1.165) is 45.1 Å². The van der Waals surface area contributed by atoms with Crippen LogP contribution in [-0.4, -0.2) is 21.6 Å². The predicted molar refractivity (Wildman–Crippen MR) is 67.7 cm³/mol. The Morgan fingerprint density at radius 1 is 1.17 bits per heavy atom. The number of hydrogen-bond donors (Lipinski definition) is 3. The molecule has 5 nitrogen and oxygen atoms in total. The van der Waals surface area contributed by atoms with Crippen LogP contribution in [0.2, 0.25) is 0 Å². The number of aromatic hydroxyl groups is 1. The van der Waals surface area contributed by atoms with Crippen LogP contribution in [0.4, 0.5) is 0 Å². The average molecular weight is 249 g/mol. The van der Waals surface area contributed by atoms with Gasteiger partial charge in [-0.1, -0.05) is 12.8 Å². The molecule has 5 heteroatoms. The van der Waals surface area contributed by atoms with Gasteiger partial charge < -0.3 is 15.4 Å². The highest BCUT2D eigenvalue weighted by Gasteiger charge is 2.26. The molecule has 1 unspecified atom stereocenters. The molecular formula is C13H19N3O2. The minimum atomic E-state index is -0.155. The van der Waals surface area contributed by atoms with Crippen molar-refractivity contribution in [2.75, 3.05) is 6.54 Å². The van der Waals surface area contributed by atoms with Gasteiger partial charge in [0.05, 0.1) is 11.6 Å². The molecule has 2 aliphatic rings. The smallest absolute Gasteiger partial charge is 0.258 e. The quantitative estimate of drug-likeness (QED) is 0.743. The molecule has 0 amide bonds. The molecule has 0 radical (unpaired) electrons. The molecule has 1 aliphatic carbocycles. The first-order valence-electron chi connectivity index (χ1n) is 6.82. The standard InChI is InChI=1S/C13H19N3O2/c17-12-10(8-4-1-2-5-8)13(18)16-11(15-12)9-6-3-7-14-9/h8-9,14H,1-7H2,(H2,15,16,17,18). The maximum absolute atomic E-state index is 12.1. The predicted octanol–water partition coefficient (Wildman–Crippen LogP) is 1.56. The van der Waals surface area contributed by atoms with Crippen molar-refractivity contribution in [2.24, 2.45) is 0 Å². The molecule has 1 aromatic rings. The normalized spacial score (nSPS) is 24.8. The van der Waals surface area contributed by atoms with Gasteiger partial charge in [-0.25, -0.2) is 0 Å². The second kappa shape index (κ2) is 4.72. The van der Waals surface area contributed by atoms with Gasteiger partial charge in [0, 0.05) is 0 Å². The first-order chi connectivity index (χ1) is 8.75. The zero-order chi connectivity index (χ0) is 12.5. The molecule has 0 bridgehead atoms. The van der Waals surface area contributed by atoms with Crippen molar-refractivity contribution < 1.29 is 5.11 Å². The third kappa shape index (κ3) is 2.03. The van der Waals surface area contributed by atoms with E-state index in [9.17, 15) is 9.90 Å². The molecule has 1 aromatic heterocycles. The third-order valence-electron chi connectivity index (χ3n) is 4.11. The van der Waals surface area contributed by atoms with Crippen molar-refractivity contribution in [3.8, 4) is 5.88 Å². The Hall–Kier alpha value is -1.36. The molecule has 0 aromatic carbocycles. The summed E-state index contributed by atoms with van der Waals surface area (Å²) in [5, 5.41) is 13.3. The van der Waals surface area contributed by atoms with Crippen LogP contribution in [0, 0.1) is 0 Å². The molecule has 1 saturated carbocycles. The Balaban J connectivity index is 1.94. The van der Waals surface area contributed by atoms with Crippen LogP contribution in [-0.2, 0) is 0 Å². The van der Waals surface area contributed by atoms with E-state index < -0.39 is 0 Å². The van der Waals surface area contributed by atoms with Gasteiger partial charge in [-0.2, -0.15) is 4.98 Å². The fraction of sp³-hybridized carbons (Fsp3) is 0.692. The summed E-state index contributed by atoms with van der Waals surface area (Å²) in [5.41, 5.74) is 0.340. The number of hydrogen-bond acceptors (Lipinski definition) is 4. The Bertz CT molecular complexity index is 485. The highest BCUT2D eigenvalue weighted by molar-refractivity contribution is 5.28. The number of nitrogens with one attached hydrogen (secondary N) is 2. The molecular weight excluding hydrogens is 230 g/mol. The molecule has 1 saturated heterocycles. The van der Waals surface area contributed by atoms with Crippen molar-refractivity contribution >= 4 is 0 Å². The molecule has 3 rings (SSSR count). The van der Waals surface area contributed by atoms with Crippen LogP contribution in [0.25, 0.3) is 0 Å². The SMILES string of the molecule is O=c1[nH]c(C2CCCN2)nc(O)c1C1CCCC1. The summed E-state index contributed by atoms with van der Waals surface area (Å²) >= 11 is 0. The first-order valence-corrected chi connectivity index (χ1v) is 6.82. The molecule has 2 heterocycles.